The minimum Gasteiger partial charge on any atom is -0.481 e. The van der Waals surface area contributed by atoms with E-state index in [1.807, 2.05) is 6.92 Å². The third-order valence-corrected chi connectivity index (χ3v) is 2.05. The third kappa shape index (κ3) is 2.66. The predicted molar refractivity (Wildman–Crippen MR) is 47.0 cm³/mol. The number of rotatable bonds is 5. The van der Waals surface area contributed by atoms with Gasteiger partial charge in [-0.1, -0.05) is 6.08 Å². The van der Waals surface area contributed by atoms with E-state index >= 15 is 0 Å². The highest BCUT2D eigenvalue weighted by atomic mass is 16.5. The second-order valence-electron chi connectivity index (χ2n) is 3.18. The highest BCUT2D eigenvalue weighted by Gasteiger charge is 2.31. The predicted octanol–water partition coefficient (Wildman–Crippen LogP) is 1.69. The Balaban J connectivity index is 4.34. The molecule has 0 saturated heterocycles. The Morgan fingerprint density at radius 3 is 2.58 bits per heavy atom. The quantitative estimate of drug-likeness (QED) is 0.642. The first-order chi connectivity index (χ1) is 5.46. The van der Waals surface area contributed by atoms with Crippen molar-refractivity contribution in [3.05, 3.63) is 12.7 Å². The molecule has 0 aromatic rings. The number of hydrogen-bond acceptors (Lipinski definition) is 2. The lowest BCUT2D eigenvalue weighted by atomic mass is 9.85. The Morgan fingerprint density at radius 1 is 1.83 bits per heavy atom. The van der Waals surface area contributed by atoms with E-state index < -0.39 is 11.4 Å². The van der Waals surface area contributed by atoms with Crippen LogP contribution in [0.5, 0.6) is 0 Å². The van der Waals surface area contributed by atoms with Gasteiger partial charge in [-0.25, -0.2) is 0 Å². The van der Waals surface area contributed by atoms with E-state index in [4.69, 9.17) is 9.84 Å². The van der Waals surface area contributed by atoms with Gasteiger partial charge in [0.25, 0.3) is 0 Å². The van der Waals surface area contributed by atoms with Crippen LogP contribution in [-0.4, -0.2) is 24.3 Å². The first kappa shape index (κ1) is 11.2. The first-order valence-corrected chi connectivity index (χ1v) is 3.86. The van der Waals surface area contributed by atoms with Gasteiger partial charge in [0, 0.05) is 7.11 Å². The summed E-state index contributed by atoms with van der Waals surface area (Å²) >= 11 is 0. The summed E-state index contributed by atoms with van der Waals surface area (Å²) in [6.07, 6.45) is 1.83. The summed E-state index contributed by atoms with van der Waals surface area (Å²) in [7, 11) is 1.57. The van der Waals surface area contributed by atoms with E-state index in [1.165, 1.54) is 6.08 Å². The lowest BCUT2D eigenvalue weighted by molar-refractivity contribution is -0.146. The average Bonchev–Trinajstić information content (AvgIpc) is 2.03. The van der Waals surface area contributed by atoms with Crippen LogP contribution in [0, 0.1) is 5.41 Å². The van der Waals surface area contributed by atoms with Gasteiger partial charge in [0.05, 0.1) is 11.5 Å². The van der Waals surface area contributed by atoms with E-state index in [0.29, 0.717) is 6.42 Å². The molecule has 0 fully saturated rings. The highest BCUT2D eigenvalue weighted by molar-refractivity contribution is 5.76. The van der Waals surface area contributed by atoms with Crippen LogP contribution in [0.25, 0.3) is 0 Å². The van der Waals surface area contributed by atoms with Gasteiger partial charge in [-0.15, -0.1) is 6.58 Å². The van der Waals surface area contributed by atoms with Crippen LogP contribution in [0.1, 0.15) is 20.3 Å². The fourth-order valence-corrected chi connectivity index (χ4v) is 0.938. The first-order valence-electron chi connectivity index (χ1n) is 3.86. The molecule has 3 nitrogen and oxygen atoms in total. The molecule has 2 atom stereocenters. The maximum atomic E-state index is 10.8. The van der Waals surface area contributed by atoms with E-state index in [2.05, 4.69) is 6.58 Å². The molecule has 0 aliphatic carbocycles. The van der Waals surface area contributed by atoms with Gasteiger partial charge in [0.2, 0.25) is 0 Å². The van der Waals surface area contributed by atoms with Gasteiger partial charge in [-0.3, -0.25) is 4.79 Å². The Morgan fingerprint density at radius 2 is 2.33 bits per heavy atom. The summed E-state index contributed by atoms with van der Waals surface area (Å²) in [5.74, 6) is -0.860. The minimum atomic E-state index is -0.880. The van der Waals surface area contributed by atoms with Gasteiger partial charge < -0.3 is 9.84 Å². The van der Waals surface area contributed by atoms with Crippen molar-refractivity contribution in [1.29, 1.82) is 0 Å². The number of ether oxygens (including phenoxy) is 1. The molecule has 0 radical (unpaired) electrons. The lowest BCUT2D eigenvalue weighted by Gasteiger charge is -2.23. The van der Waals surface area contributed by atoms with Gasteiger partial charge in [-0.05, 0) is 20.3 Å². The normalized spacial score (nSPS) is 17.9. The molecule has 1 N–H and O–H groups in total. The molecule has 70 valence electrons. The topological polar surface area (TPSA) is 46.5 Å². The van der Waals surface area contributed by atoms with E-state index in [9.17, 15) is 4.79 Å². The number of carboxylic acids is 1. The standard InChI is InChI=1S/C9H16O3/c1-5-9(3,8(10)11)6-7(2)12-4/h5,7H,1,6H2,2-4H3,(H,10,11). The maximum Gasteiger partial charge on any atom is 0.313 e. The van der Waals surface area contributed by atoms with Gasteiger partial charge in [-0.2, -0.15) is 0 Å². The van der Waals surface area contributed by atoms with Crippen LogP contribution in [0.15, 0.2) is 12.7 Å². The molecule has 0 aromatic carbocycles. The van der Waals surface area contributed by atoms with Crippen molar-refractivity contribution < 1.29 is 14.6 Å². The summed E-state index contributed by atoms with van der Waals surface area (Å²) in [5.41, 5.74) is -0.880. The molecule has 0 spiro atoms. The zero-order chi connectivity index (χ0) is 9.78. The Bertz CT molecular complexity index is 177. The zero-order valence-electron chi connectivity index (χ0n) is 7.83. The Kier molecular flexibility index (Phi) is 3.96. The van der Waals surface area contributed by atoms with Gasteiger partial charge in [0.1, 0.15) is 0 Å². The summed E-state index contributed by atoms with van der Waals surface area (Å²) in [4.78, 5) is 10.8. The highest BCUT2D eigenvalue weighted by Crippen LogP contribution is 2.25. The van der Waals surface area contributed by atoms with Crippen LogP contribution in [0.4, 0.5) is 0 Å². The monoisotopic (exact) mass is 172 g/mol. The molecule has 0 bridgehead atoms. The van der Waals surface area contributed by atoms with Crippen molar-refractivity contribution in [1.82, 2.24) is 0 Å². The Hall–Kier alpha value is -0.830. The maximum absolute atomic E-state index is 10.8. The Labute approximate surface area is 73.0 Å². The molecule has 0 aliphatic rings. The summed E-state index contributed by atoms with van der Waals surface area (Å²) in [6, 6.07) is 0. The second kappa shape index (κ2) is 4.26. The molecule has 0 aromatic heterocycles. The SMILES string of the molecule is C=CC(C)(CC(C)OC)C(=O)O. The van der Waals surface area contributed by atoms with Crippen molar-refractivity contribution in [2.24, 2.45) is 5.41 Å². The molecule has 0 heterocycles. The smallest absolute Gasteiger partial charge is 0.313 e. The van der Waals surface area contributed by atoms with Gasteiger partial charge in [0.15, 0.2) is 0 Å². The summed E-state index contributed by atoms with van der Waals surface area (Å²) < 4.78 is 4.99. The molecular weight excluding hydrogens is 156 g/mol. The fraction of sp³-hybridized carbons (Fsp3) is 0.667. The lowest BCUT2D eigenvalue weighted by Crippen LogP contribution is -2.29. The van der Waals surface area contributed by atoms with Crippen molar-refractivity contribution >= 4 is 5.97 Å². The van der Waals surface area contributed by atoms with Crippen molar-refractivity contribution in [2.45, 2.75) is 26.4 Å². The zero-order valence-corrected chi connectivity index (χ0v) is 7.83. The number of carbonyl (C=O) groups is 1. The molecule has 2 unspecified atom stereocenters. The third-order valence-electron chi connectivity index (χ3n) is 2.05. The average molecular weight is 172 g/mol. The van der Waals surface area contributed by atoms with Crippen molar-refractivity contribution in [3.63, 3.8) is 0 Å². The molecule has 12 heavy (non-hydrogen) atoms. The fourth-order valence-electron chi connectivity index (χ4n) is 0.938. The van der Waals surface area contributed by atoms with Crippen LogP contribution < -0.4 is 0 Å². The number of methoxy groups -OCH3 is 1. The molecule has 0 aliphatic heterocycles. The number of carboxylic acid groups (broad SMARTS) is 1. The molecule has 0 amide bonds. The summed E-state index contributed by atoms with van der Waals surface area (Å²) in [5, 5.41) is 8.85. The van der Waals surface area contributed by atoms with Crippen LogP contribution >= 0.6 is 0 Å². The molecule has 0 saturated carbocycles. The minimum absolute atomic E-state index is 0.0656. The van der Waals surface area contributed by atoms with Crippen LogP contribution in [-0.2, 0) is 9.53 Å². The number of hydrogen-bond donors (Lipinski definition) is 1. The van der Waals surface area contributed by atoms with E-state index in [1.54, 1.807) is 14.0 Å². The largest absolute Gasteiger partial charge is 0.481 e. The molecule has 3 heteroatoms. The molecular formula is C9H16O3. The van der Waals surface area contributed by atoms with Crippen molar-refractivity contribution in [2.75, 3.05) is 7.11 Å². The number of aliphatic carboxylic acids is 1. The van der Waals surface area contributed by atoms with Crippen molar-refractivity contribution in [3.8, 4) is 0 Å². The van der Waals surface area contributed by atoms with Gasteiger partial charge >= 0.3 is 5.97 Å². The van der Waals surface area contributed by atoms with Crippen LogP contribution in [0.2, 0.25) is 0 Å². The second-order valence-corrected chi connectivity index (χ2v) is 3.18. The summed E-state index contributed by atoms with van der Waals surface area (Å²) in [6.45, 7) is 6.98. The van der Waals surface area contributed by atoms with E-state index in [-0.39, 0.29) is 6.10 Å². The van der Waals surface area contributed by atoms with Crippen LogP contribution in [0.3, 0.4) is 0 Å². The molecule has 0 rings (SSSR count). The van der Waals surface area contributed by atoms with E-state index in [0.717, 1.165) is 0 Å².